The number of rotatable bonds is 11. The molecule has 0 aromatic heterocycles. The monoisotopic (exact) mass is 663 g/mol. The van der Waals surface area contributed by atoms with Crippen molar-refractivity contribution in [2.24, 2.45) is 0 Å². The van der Waals surface area contributed by atoms with Crippen LogP contribution in [0.25, 0.3) is 0 Å². The average Bonchev–Trinajstić information content (AvgIpc) is 2.91. The maximum atomic E-state index is 14.1. The summed E-state index contributed by atoms with van der Waals surface area (Å²) in [5.41, 5.74) is 0.449. The summed E-state index contributed by atoms with van der Waals surface area (Å²) >= 11 is 9.43. The molecule has 0 saturated heterocycles. The lowest BCUT2D eigenvalue weighted by Crippen LogP contribution is -2.54. The van der Waals surface area contributed by atoms with E-state index in [4.69, 9.17) is 16.3 Å². The third-order valence-electron chi connectivity index (χ3n) is 6.05. The maximum absolute atomic E-state index is 14.1. The zero-order valence-electron chi connectivity index (χ0n) is 23.7. The second-order valence-electron chi connectivity index (χ2n) is 10.4. The molecule has 41 heavy (non-hydrogen) atoms. The molecule has 0 spiro atoms. The number of nitrogens with zero attached hydrogens (tertiary/aromatic N) is 2. The second kappa shape index (κ2) is 13.7. The topological polar surface area (TPSA) is 96.0 Å². The van der Waals surface area contributed by atoms with Crippen molar-refractivity contribution >= 4 is 55.1 Å². The molecule has 3 aromatic carbocycles. The standard InChI is InChI=1S/C30H35BrClN3O5S/c1-6-40-27-10-8-7-9-26(27)35(41(38,39)25-17-15-24(32)16-18-25)20-28(36)34(19-22-11-13-23(31)14-12-22)21(2)29(37)33-30(3,4)5/h7-18,21H,6,19-20H2,1-5H3,(H,33,37). The molecule has 8 nitrogen and oxygen atoms in total. The Morgan fingerprint density at radius 1 is 1.00 bits per heavy atom. The van der Waals surface area contributed by atoms with Crippen molar-refractivity contribution in [1.29, 1.82) is 0 Å². The summed E-state index contributed by atoms with van der Waals surface area (Å²) < 4.78 is 35.7. The fourth-order valence-corrected chi connectivity index (χ4v) is 5.85. The van der Waals surface area contributed by atoms with Crippen LogP contribution in [0.15, 0.2) is 82.2 Å². The highest BCUT2D eigenvalue weighted by Crippen LogP contribution is 2.33. The molecule has 1 atom stereocenters. The van der Waals surface area contributed by atoms with Gasteiger partial charge < -0.3 is 15.0 Å². The minimum atomic E-state index is -4.25. The van der Waals surface area contributed by atoms with Crippen LogP contribution in [-0.4, -0.2) is 49.9 Å². The van der Waals surface area contributed by atoms with Crippen LogP contribution < -0.4 is 14.4 Å². The van der Waals surface area contributed by atoms with Crippen LogP contribution in [-0.2, 0) is 26.2 Å². The van der Waals surface area contributed by atoms with Gasteiger partial charge in [0.05, 0.1) is 17.2 Å². The van der Waals surface area contributed by atoms with Gasteiger partial charge in [0.1, 0.15) is 18.3 Å². The van der Waals surface area contributed by atoms with Gasteiger partial charge in [0.15, 0.2) is 0 Å². The molecule has 0 bridgehead atoms. The number of carbonyl (C=O) groups is 2. The van der Waals surface area contributed by atoms with E-state index in [1.165, 1.54) is 29.2 Å². The van der Waals surface area contributed by atoms with Gasteiger partial charge >= 0.3 is 0 Å². The molecule has 0 aliphatic heterocycles. The number of amides is 2. The number of para-hydroxylation sites is 2. The van der Waals surface area contributed by atoms with Gasteiger partial charge in [0.25, 0.3) is 10.0 Å². The Labute approximate surface area is 255 Å². The summed E-state index contributed by atoms with van der Waals surface area (Å²) in [5, 5.41) is 3.29. The lowest BCUT2D eigenvalue weighted by Gasteiger charge is -2.33. The number of carbonyl (C=O) groups excluding carboxylic acids is 2. The quantitative estimate of drug-likeness (QED) is 0.270. The molecule has 0 saturated carbocycles. The summed E-state index contributed by atoms with van der Waals surface area (Å²) in [5.74, 6) is -0.614. The predicted octanol–water partition coefficient (Wildman–Crippen LogP) is 6.03. The molecule has 2 amide bonds. The van der Waals surface area contributed by atoms with Crippen molar-refractivity contribution in [3.05, 3.63) is 87.9 Å². The summed E-state index contributed by atoms with van der Waals surface area (Å²) in [6.45, 7) is 8.78. The molecule has 0 heterocycles. The molecule has 3 rings (SSSR count). The molecule has 220 valence electrons. The van der Waals surface area contributed by atoms with E-state index in [1.807, 2.05) is 45.0 Å². The van der Waals surface area contributed by atoms with Gasteiger partial charge in [-0.2, -0.15) is 0 Å². The van der Waals surface area contributed by atoms with Crippen molar-refractivity contribution in [2.75, 3.05) is 17.5 Å². The third kappa shape index (κ3) is 8.70. The smallest absolute Gasteiger partial charge is 0.264 e. The van der Waals surface area contributed by atoms with Crippen molar-refractivity contribution in [2.45, 2.75) is 57.6 Å². The van der Waals surface area contributed by atoms with Crippen molar-refractivity contribution in [3.63, 3.8) is 0 Å². The number of nitrogens with one attached hydrogen (secondary N) is 1. The van der Waals surface area contributed by atoms with Crippen LogP contribution in [0.4, 0.5) is 5.69 Å². The Kier molecular flexibility index (Phi) is 10.9. The normalized spacial score (nSPS) is 12.4. The first-order valence-corrected chi connectivity index (χ1v) is 15.7. The second-order valence-corrected chi connectivity index (χ2v) is 13.6. The molecular formula is C30H35BrClN3O5S. The molecule has 11 heteroatoms. The average molecular weight is 665 g/mol. The number of anilines is 1. The van der Waals surface area contributed by atoms with Gasteiger partial charge in [-0.3, -0.25) is 13.9 Å². The molecule has 1 unspecified atom stereocenters. The van der Waals surface area contributed by atoms with Crippen molar-refractivity contribution in [3.8, 4) is 5.75 Å². The fraction of sp³-hybridized carbons (Fsp3) is 0.333. The van der Waals surface area contributed by atoms with Crippen LogP contribution in [0.2, 0.25) is 5.02 Å². The number of sulfonamides is 1. The van der Waals surface area contributed by atoms with E-state index in [-0.39, 0.29) is 23.0 Å². The molecule has 1 N–H and O–H groups in total. The summed E-state index contributed by atoms with van der Waals surface area (Å²) in [6.07, 6.45) is 0. The largest absolute Gasteiger partial charge is 0.492 e. The Morgan fingerprint density at radius 3 is 2.20 bits per heavy atom. The molecule has 0 aliphatic carbocycles. The molecule has 0 radical (unpaired) electrons. The fourth-order valence-electron chi connectivity index (χ4n) is 4.03. The van der Waals surface area contributed by atoms with Gasteiger partial charge in [-0.25, -0.2) is 8.42 Å². The number of hydrogen-bond acceptors (Lipinski definition) is 5. The van der Waals surface area contributed by atoms with Crippen LogP contribution in [0.3, 0.4) is 0 Å². The summed E-state index contributed by atoms with van der Waals surface area (Å²) in [6, 6.07) is 18.8. The summed E-state index contributed by atoms with van der Waals surface area (Å²) in [7, 11) is -4.25. The first-order chi connectivity index (χ1) is 19.2. The van der Waals surface area contributed by atoms with Gasteiger partial charge in [-0.1, -0.05) is 51.8 Å². The number of hydrogen-bond donors (Lipinski definition) is 1. The molecule has 0 fully saturated rings. The molecular weight excluding hydrogens is 630 g/mol. The van der Waals surface area contributed by atoms with Crippen LogP contribution in [0, 0.1) is 0 Å². The van der Waals surface area contributed by atoms with Gasteiger partial charge in [0, 0.05) is 21.6 Å². The SMILES string of the molecule is CCOc1ccccc1N(CC(=O)N(Cc1ccc(Br)cc1)C(C)C(=O)NC(C)(C)C)S(=O)(=O)c1ccc(Cl)cc1. The zero-order chi connectivity index (χ0) is 30.4. The highest BCUT2D eigenvalue weighted by molar-refractivity contribution is 9.10. The minimum Gasteiger partial charge on any atom is -0.492 e. The van der Waals surface area contributed by atoms with E-state index in [0.717, 1.165) is 14.3 Å². The van der Waals surface area contributed by atoms with Crippen LogP contribution in [0.1, 0.15) is 40.2 Å². The summed E-state index contributed by atoms with van der Waals surface area (Å²) in [4.78, 5) is 28.6. The van der Waals surface area contributed by atoms with E-state index in [1.54, 1.807) is 38.1 Å². The lowest BCUT2D eigenvalue weighted by atomic mass is 10.1. The van der Waals surface area contributed by atoms with E-state index in [9.17, 15) is 18.0 Å². The van der Waals surface area contributed by atoms with E-state index in [0.29, 0.717) is 17.4 Å². The van der Waals surface area contributed by atoms with Gasteiger partial charge in [-0.05, 0) is 88.7 Å². The molecule has 3 aromatic rings. The maximum Gasteiger partial charge on any atom is 0.264 e. The number of ether oxygens (including phenoxy) is 1. The van der Waals surface area contributed by atoms with Crippen LogP contribution in [0.5, 0.6) is 5.75 Å². The predicted molar refractivity (Wildman–Crippen MR) is 166 cm³/mol. The number of halogens is 2. The van der Waals surface area contributed by atoms with E-state index in [2.05, 4.69) is 21.2 Å². The number of benzene rings is 3. The Hall–Kier alpha value is -3.08. The first-order valence-electron chi connectivity index (χ1n) is 13.1. The highest BCUT2D eigenvalue weighted by Gasteiger charge is 2.34. The van der Waals surface area contributed by atoms with Crippen molar-refractivity contribution in [1.82, 2.24) is 10.2 Å². The zero-order valence-corrected chi connectivity index (χ0v) is 26.9. The van der Waals surface area contributed by atoms with E-state index >= 15 is 0 Å². The Morgan fingerprint density at radius 2 is 1.61 bits per heavy atom. The van der Waals surface area contributed by atoms with Gasteiger partial charge in [-0.15, -0.1) is 0 Å². The highest BCUT2D eigenvalue weighted by atomic mass is 79.9. The van der Waals surface area contributed by atoms with Gasteiger partial charge in [0.2, 0.25) is 11.8 Å². The first kappa shape index (κ1) is 32.4. The van der Waals surface area contributed by atoms with Crippen molar-refractivity contribution < 1.29 is 22.7 Å². The lowest BCUT2D eigenvalue weighted by molar-refractivity contribution is -0.140. The molecule has 0 aliphatic rings. The Balaban J connectivity index is 2.08. The third-order valence-corrected chi connectivity index (χ3v) is 8.60. The Bertz CT molecular complexity index is 1460. The van der Waals surface area contributed by atoms with Crippen LogP contribution >= 0.6 is 27.5 Å². The van der Waals surface area contributed by atoms with E-state index < -0.39 is 34.1 Å². The minimum absolute atomic E-state index is 0.0426.